The molecule has 0 amide bonds. The summed E-state index contributed by atoms with van der Waals surface area (Å²) in [5.41, 5.74) is 2.45. The van der Waals surface area contributed by atoms with E-state index < -0.39 is 5.95 Å². The number of hydrogen-bond donors (Lipinski definition) is 1. The van der Waals surface area contributed by atoms with Gasteiger partial charge in [0.1, 0.15) is 0 Å². The molecule has 0 bridgehead atoms. The Hall–Kier alpha value is -2.66. The van der Waals surface area contributed by atoms with Gasteiger partial charge in [-0.15, -0.1) is 0 Å². The number of aromatic nitrogens is 2. The van der Waals surface area contributed by atoms with Gasteiger partial charge in [-0.05, 0) is 10.2 Å². The summed E-state index contributed by atoms with van der Waals surface area (Å²) >= 11 is 0. The molecule has 2 aromatic carbocycles. The molecule has 1 aromatic heterocycles. The minimum Gasteiger partial charge on any atom is -0.539 e. The molecule has 1 N–H and O–H groups in total. The number of hydrogen-bond acceptors (Lipinski definition) is 4. The van der Waals surface area contributed by atoms with E-state index >= 15 is 0 Å². The van der Waals surface area contributed by atoms with Gasteiger partial charge in [-0.3, -0.25) is 0 Å². The predicted molar refractivity (Wildman–Crippen MR) is 74.5 cm³/mol. The lowest BCUT2D eigenvalue weighted by Crippen LogP contribution is -2.38. The average molecular weight is 281 g/mol. The summed E-state index contributed by atoms with van der Waals surface area (Å²) in [6.45, 7) is 1.08. The van der Waals surface area contributed by atoms with Gasteiger partial charge in [-0.2, -0.15) is 0 Å². The molecule has 21 heavy (non-hydrogen) atoms. The smallest absolute Gasteiger partial charge is 0.253 e. The van der Waals surface area contributed by atoms with Crippen LogP contribution < -0.4 is 15.1 Å². The van der Waals surface area contributed by atoms with Gasteiger partial charge in [-0.1, -0.05) is 48.5 Å². The van der Waals surface area contributed by atoms with E-state index in [9.17, 15) is 5.11 Å². The van der Waals surface area contributed by atoms with Crippen molar-refractivity contribution in [2.75, 3.05) is 0 Å². The maximum atomic E-state index is 11.8. The van der Waals surface area contributed by atoms with Crippen molar-refractivity contribution in [3.63, 3.8) is 0 Å². The second kappa shape index (κ2) is 6.19. The fourth-order valence-electron chi connectivity index (χ4n) is 2.11. The molecule has 0 fully saturated rings. The minimum absolute atomic E-state index is 0.395. The summed E-state index contributed by atoms with van der Waals surface area (Å²) in [5, 5.41) is 18.8. The van der Waals surface area contributed by atoms with Crippen LogP contribution in [-0.4, -0.2) is 5.27 Å². The molecular weight excluding hydrogens is 266 g/mol. The Morgan fingerprint density at radius 1 is 0.952 bits per heavy atom. The molecule has 0 aliphatic rings. The molecule has 0 unspecified atom stereocenters. The van der Waals surface area contributed by atoms with Crippen molar-refractivity contribution >= 4 is 0 Å². The van der Waals surface area contributed by atoms with E-state index in [1.54, 1.807) is 0 Å². The first-order chi connectivity index (χ1) is 10.3. The summed E-state index contributed by atoms with van der Waals surface area (Å²) in [6.07, 6.45) is 0. The van der Waals surface area contributed by atoms with Crippen molar-refractivity contribution in [1.82, 2.24) is 10.6 Å². The van der Waals surface area contributed by atoms with E-state index in [1.807, 2.05) is 60.7 Å². The first-order valence-electron chi connectivity index (χ1n) is 6.72. The monoisotopic (exact) mass is 281 g/mol. The summed E-state index contributed by atoms with van der Waals surface area (Å²) in [7, 11) is 0. The fourth-order valence-corrected chi connectivity index (χ4v) is 2.11. The van der Waals surface area contributed by atoms with Crippen molar-refractivity contribution in [2.45, 2.75) is 13.1 Å². The van der Waals surface area contributed by atoms with Gasteiger partial charge in [0.15, 0.2) is 5.95 Å². The van der Waals surface area contributed by atoms with E-state index in [1.165, 1.54) is 4.68 Å². The zero-order valence-corrected chi connectivity index (χ0v) is 11.4. The number of para-hydroxylation sites is 1. The standard InChI is InChI=1S/C16H15N3O2/c20-16-15(12-17-11-13-7-3-1-4-8-13)19(18-21-16)14-9-5-2-6-10-14/h1-10,17H,11-12H2. The highest BCUT2D eigenvalue weighted by Gasteiger charge is 2.19. The molecule has 0 aliphatic carbocycles. The SMILES string of the molecule is [O-]c1on[n+](-c2ccccc2)c1CNCc1ccccc1. The van der Waals surface area contributed by atoms with Crippen LogP contribution in [0.1, 0.15) is 11.3 Å². The number of nitrogens with one attached hydrogen (secondary N) is 1. The van der Waals surface area contributed by atoms with Gasteiger partial charge in [0.2, 0.25) is 5.69 Å². The number of nitrogens with zero attached hydrogens (tertiary/aromatic N) is 2. The molecule has 0 spiro atoms. The lowest BCUT2D eigenvalue weighted by molar-refractivity contribution is -0.677. The van der Waals surface area contributed by atoms with Crippen molar-refractivity contribution in [3.05, 3.63) is 71.9 Å². The van der Waals surface area contributed by atoms with Gasteiger partial charge >= 0.3 is 0 Å². The van der Waals surface area contributed by atoms with Crippen LogP contribution in [0.4, 0.5) is 0 Å². The summed E-state index contributed by atoms with van der Waals surface area (Å²) < 4.78 is 6.30. The van der Waals surface area contributed by atoms with E-state index in [0.717, 1.165) is 11.3 Å². The lowest BCUT2D eigenvalue weighted by atomic mass is 10.2. The van der Waals surface area contributed by atoms with Crippen LogP contribution in [0.5, 0.6) is 5.95 Å². The Morgan fingerprint density at radius 3 is 2.33 bits per heavy atom. The highest BCUT2D eigenvalue weighted by atomic mass is 16.6. The molecule has 5 nitrogen and oxygen atoms in total. The van der Waals surface area contributed by atoms with Gasteiger partial charge in [0, 0.05) is 18.7 Å². The molecule has 3 rings (SSSR count). The van der Waals surface area contributed by atoms with Gasteiger partial charge in [0.05, 0.1) is 11.8 Å². The molecule has 5 heteroatoms. The van der Waals surface area contributed by atoms with Crippen LogP contribution in [0.3, 0.4) is 0 Å². The molecule has 3 aromatic rings. The quantitative estimate of drug-likeness (QED) is 0.716. The van der Waals surface area contributed by atoms with Crippen molar-refractivity contribution in [2.24, 2.45) is 0 Å². The average Bonchev–Trinajstić information content (AvgIpc) is 2.91. The largest absolute Gasteiger partial charge is 0.539 e. The van der Waals surface area contributed by atoms with E-state index in [4.69, 9.17) is 4.52 Å². The van der Waals surface area contributed by atoms with Gasteiger partial charge < -0.3 is 14.9 Å². The normalized spacial score (nSPS) is 10.7. The maximum absolute atomic E-state index is 11.8. The second-order valence-corrected chi connectivity index (χ2v) is 4.64. The predicted octanol–water partition coefficient (Wildman–Crippen LogP) is 1.31. The molecule has 0 radical (unpaired) electrons. The second-order valence-electron chi connectivity index (χ2n) is 4.64. The Labute approximate surface area is 122 Å². The van der Waals surface area contributed by atoms with Crippen LogP contribution >= 0.6 is 0 Å². The highest BCUT2D eigenvalue weighted by molar-refractivity contribution is 5.22. The molecular formula is C16H15N3O2. The lowest BCUT2D eigenvalue weighted by Gasteiger charge is -2.03. The summed E-state index contributed by atoms with van der Waals surface area (Å²) in [4.78, 5) is 0. The maximum Gasteiger partial charge on any atom is 0.253 e. The first-order valence-corrected chi connectivity index (χ1v) is 6.72. The van der Waals surface area contributed by atoms with E-state index in [0.29, 0.717) is 18.8 Å². The molecule has 106 valence electrons. The third-order valence-electron chi connectivity index (χ3n) is 3.16. The van der Waals surface area contributed by atoms with E-state index in [-0.39, 0.29) is 0 Å². The van der Waals surface area contributed by atoms with Gasteiger partial charge in [-0.25, -0.2) is 0 Å². The van der Waals surface area contributed by atoms with Crippen LogP contribution in [0.2, 0.25) is 0 Å². The zero-order valence-electron chi connectivity index (χ0n) is 11.4. The number of rotatable bonds is 5. The third kappa shape index (κ3) is 3.09. The molecule has 0 atom stereocenters. The molecule has 0 saturated heterocycles. The topological polar surface area (TPSA) is 65.0 Å². The summed E-state index contributed by atoms with van der Waals surface area (Å²) in [5.74, 6) is -0.417. The van der Waals surface area contributed by atoms with Gasteiger partial charge in [0.25, 0.3) is 5.69 Å². The molecule has 0 saturated carbocycles. The number of benzene rings is 2. The summed E-state index contributed by atoms with van der Waals surface area (Å²) in [6, 6.07) is 19.5. The van der Waals surface area contributed by atoms with Crippen LogP contribution in [0, 0.1) is 0 Å². The molecule has 0 aliphatic heterocycles. The minimum atomic E-state index is -0.417. The van der Waals surface area contributed by atoms with Crippen molar-refractivity contribution in [3.8, 4) is 11.6 Å². The Kier molecular flexibility index (Phi) is 3.93. The third-order valence-corrected chi connectivity index (χ3v) is 3.16. The molecule has 1 heterocycles. The first kappa shape index (κ1) is 13.3. The van der Waals surface area contributed by atoms with Crippen molar-refractivity contribution < 1.29 is 14.3 Å². The highest BCUT2D eigenvalue weighted by Crippen LogP contribution is 2.10. The Morgan fingerprint density at radius 2 is 1.62 bits per heavy atom. The van der Waals surface area contributed by atoms with Crippen LogP contribution in [0.25, 0.3) is 5.69 Å². The van der Waals surface area contributed by atoms with Crippen LogP contribution in [-0.2, 0) is 13.1 Å². The fraction of sp³-hybridized carbons (Fsp3) is 0.125. The Balaban J connectivity index is 1.72. The Bertz CT molecular complexity index is 696. The van der Waals surface area contributed by atoms with Crippen molar-refractivity contribution in [1.29, 1.82) is 0 Å². The van der Waals surface area contributed by atoms with E-state index in [2.05, 4.69) is 10.6 Å². The van der Waals surface area contributed by atoms with Crippen LogP contribution in [0.15, 0.2) is 65.2 Å². The zero-order chi connectivity index (χ0) is 14.5.